The lowest BCUT2D eigenvalue weighted by Crippen LogP contribution is -2.30. The Kier molecular flexibility index (Phi) is 4.52. The summed E-state index contributed by atoms with van der Waals surface area (Å²) in [5, 5.41) is 14.9. The van der Waals surface area contributed by atoms with E-state index in [2.05, 4.69) is 36.7 Å². The van der Waals surface area contributed by atoms with Crippen molar-refractivity contribution in [1.82, 2.24) is 25.5 Å². The molecule has 8 heteroatoms. The van der Waals surface area contributed by atoms with Crippen LogP contribution in [0.25, 0.3) is 11.4 Å². The number of carbonyl (C=O) groups excluding carboxylic acids is 1. The number of amides is 1. The van der Waals surface area contributed by atoms with Gasteiger partial charge < -0.3 is 9.73 Å². The molecule has 1 aromatic carbocycles. The summed E-state index contributed by atoms with van der Waals surface area (Å²) in [5.41, 5.74) is 0.837. The van der Waals surface area contributed by atoms with Crippen molar-refractivity contribution in [1.29, 1.82) is 0 Å². The van der Waals surface area contributed by atoms with Crippen LogP contribution in [0.3, 0.4) is 0 Å². The van der Waals surface area contributed by atoms with Crippen LogP contribution in [0, 0.1) is 0 Å². The Bertz CT molecular complexity index is 783. The molecule has 118 valence electrons. The number of tetrazole rings is 1. The molecule has 7 nitrogen and oxygen atoms in total. The second-order valence-corrected chi connectivity index (χ2v) is 5.87. The predicted molar refractivity (Wildman–Crippen MR) is 86.2 cm³/mol. The van der Waals surface area contributed by atoms with Gasteiger partial charge in [0.15, 0.2) is 0 Å². The van der Waals surface area contributed by atoms with Gasteiger partial charge >= 0.3 is 0 Å². The van der Waals surface area contributed by atoms with Crippen LogP contribution in [0.15, 0.2) is 51.6 Å². The first-order valence-electron chi connectivity index (χ1n) is 6.98. The van der Waals surface area contributed by atoms with E-state index >= 15 is 0 Å². The van der Waals surface area contributed by atoms with E-state index in [1.165, 1.54) is 4.80 Å². The number of hydrogen-bond donors (Lipinski definition) is 1. The summed E-state index contributed by atoms with van der Waals surface area (Å²) in [5.74, 6) is 0.957. The number of carbonyl (C=O) groups is 1. The molecular weight excluding hydrogens is 362 g/mol. The van der Waals surface area contributed by atoms with Crippen LogP contribution in [-0.2, 0) is 11.3 Å². The monoisotopic (exact) mass is 375 g/mol. The number of nitrogens with one attached hydrogen (secondary N) is 1. The van der Waals surface area contributed by atoms with Gasteiger partial charge in [-0.1, -0.05) is 15.9 Å². The smallest absolute Gasteiger partial charge is 0.244 e. The highest BCUT2D eigenvalue weighted by molar-refractivity contribution is 9.10. The Balaban J connectivity index is 1.62. The fourth-order valence-corrected chi connectivity index (χ4v) is 2.31. The molecule has 1 atom stereocenters. The number of halogens is 1. The lowest BCUT2D eigenvalue weighted by molar-refractivity contribution is -0.122. The van der Waals surface area contributed by atoms with Crippen molar-refractivity contribution in [3.63, 3.8) is 0 Å². The van der Waals surface area contributed by atoms with Gasteiger partial charge in [-0.3, -0.25) is 4.79 Å². The van der Waals surface area contributed by atoms with Crippen LogP contribution in [-0.4, -0.2) is 26.1 Å². The highest BCUT2D eigenvalue weighted by Crippen LogP contribution is 2.17. The van der Waals surface area contributed by atoms with Crippen LogP contribution < -0.4 is 5.32 Å². The molecule has 1 amide bonds. The Labute approximate surface area is 140 Å². The van der Waals surface area contributed by atoms with Crippen molar-refractivity contribution >= 4 is 21.8 Å². The molecule has 0 radical (unpaired) electrons. The maximum absolute atomic E-state index is 12.0. The fraction of sp³-hybridized carbons (Fsp3) is 0.200. The third-order valence-electron chi connectivity index (χ3n) is 3.19. The highest BCUT2D eigenvalue weighted by atomic mass is 79.9. The Hall–Kier alpha value is -2.48. The molecule has 0 aliphatic rings. The summed E-state index contributed by atoms with van der Waals surface area (Å²) in [6.07, 6.45) is 1.57. The summed E-state index contributed by atoms with van der Waals surface area (Å²) in [6, 6.07) is 10.9. The number of hydrogen-bond acceptors (Lipinski definition) is 5. The summed E-state index contributed by atoms with van der Waals surface area (Å²) < 4.78 is 6.22. The minimum Gasteiger partial charge on any atom is -0.467 e. The van der Waals surface area contributed by atoms with E-state index in [1.54, 1.807) is 12.3 Å². The van der Waals surface area contributed by atoms with Crippen LogP contribution in [0.1, 0.15) is 18.7 Å². The number of aromatic nitrogens is 4. The maximum Gasteiger partial charge on any atom is 0.244 e. The zero-order chi connectivity index (χ0) is 16.2. The quantitative estimate of drug-likeness (QED) is 0.740. The Morgan fingerprint density at radius 3 is 2.83 bits per heavy atom. The number of nitrogens with zero attached hydrogens (tertiary/aromatic N) is 4. The van der Waals surface area contributed by atoms with Crippen LogP contribution in [0.2, 0.25) is 0 Å². The molecule has 3 aromatic rings. The lowest BCUT2D eigenvalue weighted by atomic mass is 10.2. The van der Waals surface area contributed by atoms with Gasteiger partial charge in [0.1, 0.15) is 12.3 Å². The van der Waals surface area contributed by atoms with E-state index in [9.17, 15) is 4.79 Å². The zero-order valence-corrected chi connectivity index (χ0v) is 13.9. The molecule has 0 bridgehead atoms. The second kappa shape index (κ2) is 6.74. The average Bonchev–Trinajstić information content (AvgIpc) is 3.19. The molecule has 1 N–H and O–H groups in total. The number of furan rings is 1. The third kappa shape index (κ3) is 3.84. The van der Waals surface area contributed by atoms with E-state index in [0.29, 0.717) is 11.6 Å². The van der Waals surface area contributed by atoms with Crippen LogP contribution in [0.5, 0.6) is 0 Å². The van der Waals surface area contributed by atoms with Crippen LogP contribution >= 0.6 is 15.9 Å². The minimum atomic E-state index is -0.216. The van der Waals surface area contributed by atoms with E-state index in [0.717, 1.165) is 10.0 Å². The van der Waals surface area contributed by atoms with Crippen molar-refractivity contribution in [2.75, 3.05) is 0 Å². The van der Waals surface area contributed by atoms with Crippen molar-refractivity contribution in [3.8, 4) is 11.4 Å². The van der Waals surface area contributed by atoms with Crippen molar-refractivity contribution in [3.05, 3.63) is 52.9 Å². The summed E-state index contributed by atoms with van der Waals surface area (Å²) in [7, 11) is 0. The maximum atomic E-state index is 12.0. The lowest BCUT2D eigenvalue weighted by Gasteiger charge is -2.10. The first-order valence-corrected chi connectivity index (χ1v) is 7.77. The predicted octanol–water partition coefficient (Wildman–Crippen LogP) is 2.57. The van der Waals surface area contributed by atoms with Crippen molar-refractivity contribution in [2.45, 2.75) is 19.5 Å². The van der Waals surface area contributed by atoms with Gasteiger partial charge in [-0.05, 0) is 48.5 Å². The second-order valence-electron chi connectivity index (χ2n) is 4.95. The fourth-order valence-electron chi connectivity index (χ4n) is 2.05. The molecule has 23 heavy (non-hydrogen) atoms. The molecule has 0 spiro atoms. The zero-order valence-electron chi connectivity index (χ0n) is 12.3. The van der Waals surface area contributed by atoms with Crippen molar-refractivity contribution < 1.29 is 9.21 Å². The first kappa shape index (κ1) is 15.4. The Morgan fingerprint density at radius 1 is 1.35 bits per heavy atom. The summed E-state index contributed by atoms with van der Waals surface area (Å²) >= 11 is 3.37. The normalized spacial score (nSPS) is 12.1. The van der Waals surface area contributed by atoms with Gasteiger partial charge in [-0.2, -0.15) is 4.80 Å². The molecule has 2 aromatic heterocycles. The van der Waals surface area contributed by atoms with E-state index in [1.807, 2.05) is 37.3 Å². The highest BCUT2D eigenvalue weighted by Gasteiger charge is 2.14. The third-order valence-corrected chi connectivity index (χ3v) is 3.72. The van der Waals surface area contributed by atoms with Gasteiger partial charge in [0.05, 0.1) is 12.3 Å². The molecular formula is C15H14BrN5O2. The van der Waals surface area contributed by atoms with Gasteiger partial charge in [-0.25, -0.2) is 0 Å². The van der Waals surface area contributed by atoms with Gasteiger partial charge in [0, 0.05) is 10.0 Å². The molecule has 0 unspecified atom stereocenters. The number of benzene rings is 1. The molecule has 2 heterocycles. The van der Waals surface area contributed by atoms with E-state index < -0.39 is 0 Å². The Morgan fingerprint density at radius 2 is 2.13 bits per heavy atom. The van der Waals surface area contributed by atoms with Crippen molar-refractivity contribution in [2.24, 2.45) is 0 Å². The molecule has 0 saturated heterocycles. The topological polar surface area (TPSA) is 85.8 Å². The van der Waals surface area contributed by atoms with E-state index in [4.69, 9.17) is 4.42 Å². The van der Waals surface area contributed by atoms with Gasteiger partial charge in [-0.15, -0.1) is 10.2 Å². The molecule has 0 aliphatic heterocycles. The number of rotatable bonds is 5. The van der Waals surface area contributed by atoms with Gasteiger partial charge in [0.2, 0.25) is 11.7 Å². The summed E-state index contributed by atoms with van der Waals surface area (Å²) in [6.45, 7) is 1.84. The SMILES string of the molecule is C[C@H](NC(=O)Cn1nnc(-c2ccc(Br)cc2)n1)c1ccco1. The average molecular weight is 376 g/mol. The summed E-state index contributed by atoms with van der Waals surface area (Å²) in [4.78, 5) is 13.3. The van der Waals surface area contributed by atoms with Crippen LogP contribution in [0.4, 0.5) is 0 Å². The molecule has 0 saturated carbocycles. The largest absolute Gasteiger partial charge is 0.467 e. The molecule has 3 rings (SSSR count). The standard InChI is InChI=1S/C15H14BrN5O2/c1-10(13-3-2-8-23-13)17-14(22)9-21-19-15(18-20-21)11-4-6-12(16)7-5-11/h2-8,10H,9H2,1H3,(H,17,22)/t10-/m0/s1. The first-order chi connectivity index (χ1) is 11.1. The molecule has 0 fully saturated rings. The minimum absolute atomic E-state index is 0.00538. The van der Waals surface area contributed by atoms with Gasteiger partial charge in [0.25, 0.3) is 0 Å². The van der Waals surface area contributed by atoms with E-state index in [-0.39, 0.29) is 18.5 Å². The molecule has 0 aliphatic carbocycles.